The van der Waals surface area contributed by atoms with E-state index in [1.54, 1.807) is 13.3 Å². The van der Waals surface area contributed by atoms with E-state index < -0.39 is 0 Å². The number of piperidine rings is 1. The maximum Gasteiger partial charge on any atom is 0.129 e. The van der Waals surface area contributed by atoms with Crippen molar-refractivity contribution in [1.29, 1.82) is 0 Å². The van der Waals surface area contributed by atoms with Crippen LogP contribution >= 0.6 is 0 Å². The van der Waals surface area contributed by atoms with Gasteiger partial charge in [0.25, 0.3) is 0 Å². The number of aromatic amines is 1. The number of rotatable bonds is 6. The fourth-order valence-electron chi connectivity index (χ4n) is 4.61. The highest BCUT2D eigenvalue weighted by atomic mass is 16.1. The molecule has 2 fully saturated rings. The van der Waals surface area contributed by atoms with Crippen molar-refractivity contribution in [2.45, 2.75) is 76.7 Å². The van der Waals surface area contributed by atoms with Crippen LogP contribution in [0.15, 0.2) is 12.5 Å². The van der Waals surface area contributed by atoms with E-state index in [4.69, 9.17) is 0 Å². The molecule has 4 heteroatoms. The molecule has 2 aliphatic rings. The van der Waals surface area contributed by atoms with Crippen LogP contribution in [0.25, 0.3) is 0 Å². The second-order valence-electron chi connectivity index (χ2n) is 7.51. The van der Waals surface area contributed by atoms with Gasteiger partial charge in [-0.1, -0.05) is 19.3 Å². The first kappa shape index (κ1) is 16.7. The zero-order valence-electron chi connectivity index (χ0n) is 14.5. The van der Waals surface area contributed by atoms with Gasteiger partial charge in [0.1, 0.15) is 5.78 Å². The average molecular weight is 317 g/mol. The van der Waals surface area contributed by atoms with Gasteiger partial charge in [-0.3, -0.25) is 0 Å². The zero-order valence-corrected chi connectivity index (χ0v) is 14.5. The Labute approximate surface area is 140 Å². The number of nitrogens with zero attached hydrogens (tertiary/aromatic N) is 2. The number of hydrogen-bond donors (Lipinski definition) is 1. The first-order chi connectivity index (χ1) is 11.2. The first-order valence-corrected chi connectivity index (χ1v) is 9.46. The lowest BCUT2D eigenvalue weighted by atomic mass is 9.80. The normalized spacial score (nSPS) is 23.0. The van der Waals surface area contributed by atoms with Crippen LogP contribution in [0.1, 0.15) is 76.3 Å². The molecule has 2 heterocycles. The lowest BCUT2D eigenvalue weighted by Gasteiger charge is -2.42. The van der Waals surface area contributed by atoms with Gasteiger partial charge in [-0.15, -0.1) is 0 Å². The van der Waals surface area contributed by atoms with Gasteiger partial charge in [0, 0.05) is 24.6 Å². The van der Waals surface area contributed by atoms with Crippen molar-refractivity contribution in [3.8, 4) is 0 Å². The Morgan fingerprint density at radius 2 is 2.00 bits per heavy atom. The number of Topliss-reactive ketones (excluding diaryl/α,β-unsaturated/α-hetero) is 1. The third kappa shape index (κ3) is 4.43. The molecule has 1 aromatic rings. The monoisotopic (exact) mass is 317 g/mol. The summed E-state index contributed by atoms with van der Waals surface area (Å²) in [7, 11) is 0. The summed E-state index contributed by atoms with van der Waals surface area (Å²) in [4.78, 5) is 21.7. The van der Waals surface area contributed by atoms with Crippen LogP contribution < -0.4 is 0 Å². The highest BCUT2D eigenvalue weighted by Crippen LogP contribution is 2.35. The van der Waals surface area contributed by atoms with E-state index >= 15 is 0 Å². The Hall–Kier alpha value is -1.16. The topological polar surface area (TPSA) is 49.0 Å². The van der Waals surface area contributed by atoms with Gasteiger partial charge in [0.05, 0.1) is 12.0 Å². The number of nitrogens with one attached hydrogen (secondary N) is 1. The summed E-state index contributed by atoms with van der Waals surface area (Å²) in [6, 6.07) is 0.624. The minimum atomic E-state index is 0.345. The molecule has 23 heavy (non-hydrogen) atoms. The quantitative estimate of drug-likeness (QED) is 0.865. The average Bonchev–Trinajstić information content (AvgIpc) is 3.11. The van der Waals surface area contributed by atoms with Gasteiger partial charge in [-0.05, 0) is 58.0 Å². The van der Waals surface area contributed by atoms with Crippen molar-refractivity contribution in [3.63, 3.8) is 0 Å². The van der Waals surface area contributed by atoms with Gasteiger partial charge in [0.15, 0.2) is 0 Å². The van der Waals surface area contributed by atoms with Crippen LogP contribution in [0.2, 0.25) is 0 Å². The van der Waals surface area contributed by atoms with Crippen molar-refractivity contribution in [1.82, 2.24) is 14.9 Å². The highest BCUT2D eigenvalue weighted by Gasteiger charge is 2.32. The SMILES string of the molecule is CC(=O)CCC(C1CCCCC1)N1CCC(c2c[nH]cn2)CC1. The predicted octanol–water partition coefficient (Wildman–Crippen LogP) is 3.91. The molecule has 1 saturated heterocycles. The molecule has 1 aromatic heterocycles. The maximum atomic E-state index is 11.5. The van der Waals surface area contributed by atoms with Gasteiger partial charge in [-0.2, -0.15) is 0 Å². The van der Waals surface area contributed by atoms with Crippen molar-refractivity contribution in [2.75, 3.05) is 13.1 Å². The number of carbonyl (C=O) groups is 1. The number of ketones is 1. The number of carbonyl (C=O) groups excluding carboxylic acids is 1. The van der Waals surface area contributed by atoms with Crippen LogP contribution in [0.5, 0.6) is 0 Å². The Morgan fingerprint density at radius 1 is 1.26 bits per heavy atom. The number of hydrogen-bond acceptors (Lipinski definition) is 3. The standard InChI is InChI=1S/C19H31N3O/c1-15(23)7-8-19(17-5-3-2-4-6-17)22-11-9-16(10-12-22)18-13-20-14-21-18/h13-14,16-17,19H,2-12H2,1H3,(H,20,21). The molecule has 1 N–H and O–H groups in total. The maximum absolute atomic E-state index is 11.5. The van der Waals surface area contributed by atoms with E-state index in [2.05, 4.69) is 21.1 Å². The van der Waals surface area contributed by atoms with Gasteiger partial charge >= 0.3 is 0 Å². The second-order valence-corrected chi connectivity index (χ2v) is 7.51. The third-order valence-electron chi connectivity index (χ3n) is 5.92. The summed E-state index contributed by atoms with van der Waals surface area (Å²) in [6.45, 7) is 4.06. The van der Waals surface area contributed by atoms with E-state index in [1.165, 1.54) is 50.6 Å². The van der Waals surface area contributed by atoms with Gasteiger partial charge in [0.2, 0.25) is 0 Å². The molecule has 0 spiro atoms. The Kier molecular flexibility index (Phi) is 5.87. The highest BCUT2D eigenvalue weighted by molar-refractivity contribution is 5.75. The fraction of sp³-hybridized carbons (Fsp3) is 0.789. The molecule has 1 unspecified atom stereocenters. The molecule has 1 aliphatic heterocycles. The third-order valence-corrected chi connectivity index (χ3v) is 5.92. The van der Waals surface area contributed by atoms with Gasteiger partial charge in [-0.25, -0.2) is 4.98 Å². The zero-order chi connectivity index (χ0) is 16.1. The molecule has 128 valence electrons. The summed E-state index contributed by atoms with van der Waals surface area (Å²) in [5.74, 6) is 1.76. The van der Waals surface area contributed by atoms with Crippen molar-refractivity contribution >= 4 is 5.78 Å². The number of H-pyrrole nitrogens is 1. The van der Waals surface area contributed by atoms with Crippen molar-refractivity contribution in [2.24, 2.45) is 5.92 Å². The summed E-state index contributed by atoms with van der Waals surface area (Å²) in [5, 5.41) is 0. The largest absolute Gasteiger partial charge is 0.351 e. The van der Waals surface area contributed by atoms with Crippen LogP contribution in [-0.4, -0.2) is 39.8 Å². The smallest absolute Gasteiger partial charge is 0.129 e. The molecule has 3 rings (SSSR count). The minimum Gasteiger partial charge on any atom is -0.351 e. The lowest BCUT2D eigenvalue weighted by molar-refractivity contribution is -0.117. The summed E-state index contributed by atoms with van der Waals surface area (Å²) >= 11 is 0. The van der Waals surface area contributed by atoms with E-state index in [9.17, 15) is 4.79 Å². The van der Waals surface area contributed by atoms with Crippen LogP contribution in [-0.2, 0) is 4.79 Å². The predicted molar refractivity (Wildman–Crippen MR) is 92.4 cm³/mol. The van der Waals surface area contributed by atoms with Crippen LogP contribution in [0.4, 0.5) is 0 Å². The molecule has 0 amide bonds. The molecule has 0 radical (unpaired) electrons. The Bertz CT molecular complexity index is 471. The molecular formula is C19H31N3O. The number of likely N-dealkylation sites (tertiary alicyclic amines) is 1. The van der Waals surface area contributed by atoms with E-state index in [-0.39, 0.29) is 0 Å². The molecule has 1 atom stereocenters. The fourth-order valence-corrected chi connectivity index (χ4v) is 4.61. The first-order valence-electron chi connectivity index (χ1n) is 9.46. The summed E-state index contributed by atoms with van der Waals surface area (Å²) in [5.41, 5.74) is 1.22. The van der Waals surface area contributed by atoms with E-state index in [1.807, 2.05) is 0 Å². The number of aromatic nitrogens is 2. The molecule has 4 nitrogen and oxygen atoms in total. The molecule has 1 aliphatic carbocycles. The van der Waals surface area contributed by atoms with Crippen LogP contribution in [0, 0.1) is 5.92 Å². The number of imidazole rings is 1. The lowest BCUT2D eigenvalue weighted by Crippen LogP contribution is -2.45. The van der Waals surface area contributed by atoms with Crippen molar-refractivity contribution < 1.29 is 4.79 Å². The summed E-state index contributed by atoms with van der Waals surface area (Å²) in [6.07, 6.45) is 14.9. The molecule has 0 bridgehead atoms. The van der Waals surface area contributed by atoms with Crippen LogP contribution in [0.3, 0.4) is 0 Å². The Balaban J connectivity index is 1.59. The van der Waals surface area contributed by atoms with Crippen molar-refractivity contribution in [3.05, 3.63) is 18.2 Å². The summed E-state index contributed by atoms with van der Waals surface area (Å²) < 4.78 is 0. The molecular weight excluding hydrogens is 286 g/mol. The molecule has 1 saturated carbocycles. The van der Waals surface area contributed by atoms with E-state index in [0.717, 1.165) is 31.8 Å². The Morgan fingerprint density at radius 3 is 2.61 bits per heavy atom. The van der Waals surface area contributed by atoms with Gasteiger partial charge < -0.3 is 14.7 Å². The second kappa shape index (κ2) is 8.09. The minimum absolute atomic E-state index is 0.345. The molecule has 0 aromatic carbocycles. The van der Waals surface area contributed by atoms with E-state index in [0.29, 0.717) is 17.7 Å².